The summed E-state index contributed by atoms with van der Waals surface area (Å²) in [6.45, 7) is 1.17. The third-order valence-electron chi connectivity index (χ3n) is 3.24. The van der Waals surface area contributed by atoms with Crippen LogP contribution in [-0.4, -0.2) is 39.9 Å². The first kappa shape index (κ1) is 17.6. The van der Waals surface area contributed by atoms with Crippen LogP contribution >= 0.6 is 0 Å². The van der Waals surface area contributed by atoms with E-state index in [2.05, 4.69) is 10.6 Å². The van der Waals surface area contributed by atoms with Gasteiger partial charge in [0.1, 0.15) is 18.1 Å². The molecule has 0 aromatic heterocycles. The van der Waals surface area contributed by atoms with Gasteiger partial charge in [-0.25, -0.2) is 0 Å². The summed E-state index contributed by atoms with van der Waals surface area (Å²) in [7, 11) is 3.22. The summed E-state index contributed by atoms with van der Waals surface area (Å²) in [6.07, 6.45) is 0. The lowest BCUT2D eigenvalue weighted by Crippen LogP contribution is -2.21. The number of benzene rings is 2. The van der Waals surface area contributed by atoms with E-state index in [9.17, 15) is 4.79 Å². The molecule has 0 aliphatic heterocycles. The summed E-state index contributed by atoms with van der Waals surface area (Å²) in [4.78, 5) is 12.0. The number of hydrogen-bond acceptors (Lipinski definition) is 5. The average molecular weight is 330 g/mol. The minimum atomic E-state index is -0.144. The molecule has 2 rings (SSSR count). The van der Waals surface area contributed by atoms with Crippen molar-refractivity contribution in [3.05, 3.63) is 48.5 Å². The third kappa shape index (κ3) is 5.48. The number of anilines is 2. The molecule has 0 aliphatic carbocycles. The number of amides is 1. The molecule has 0 fully saturated rings. The minimum absolute atomic E-state index is 0.144. The van der Waals surface area contributed by atoms with E-state index < -0.39 is 0 Å². The molecule has 0 atom stereocenters. The second-order valence-corrected chi connectivity index (χ2v) is 4.97. The highest BCUT2D eigenvalue weighted by atomic mass is 16.5. The van der Waals surface area contributed by atoms with Gasteiger partial charge < -0.3 is 24.8 Å². The number of carbonyl (C=O) groups is 1. The summed E-state index contributed by atoms with van der Waals surface area (Å²) in [5, 5.41) is 5.88. The lowest BCUT2D eigenvalue weighted by Gasteiger charge is -2.11. The van der Waals surface area contributed by atoms with Crippen LogP contribution in [0.5, 0.6) is 11.5 Å². The largest absolute Gasteiger partial charge is 0.495 e. The highest BCUT2D eigenvalue weighted by Gasteiger charge is 2.05. The van der Waals surface area contributed by atoms with Gasteiger partial charge in [-0.15, -0.1) is 0 Å². The van der Waals surface area contributed by atoms with Crippen LogP contribution in [0, 0.1) is 0 Å². The van der Waals surface area contributed by atoms with Gasteiger partial charge in [-0.3, -0.25) is 4.79 Å². The van der Waals surface area contributed by atoms with Crippen molar-refractivity contribution in [1.82, 2.24) is 0 Å². The molecule has 0 aliphatic rings. The van der Waals surface area contributed by atoms with E-state index in [4.69, 9.17) is 14.2 Å². The Balaban J connectivity index is 1.81. The molecule has 0 heterocycles. The first-order valence-electron chi connectivity index (χ1n) is 7.61. The molecule has 0 spiro atoms. The van der Waals surface area contributed by atoms with E-state index in [1.165, 1.54) is 0 Å². The third-order valence-corrected chi connectivity index (χ3v) is 3.24. The molecular weight excluding hydrogens is 308 g/mol. The fourth-order valence-corrected chi connectivity index (χ4v) is 2.05. The number of carbonyl (C=O) groups excluding carboxylic acids is 1. The molecule has 2 aromatic rings. The Morgan fingerprint density at radius 2 is 1.75 bits per heavy atom. The van der Waals surface area contributed by atoms with Crippen LogP contribution in [0.3, 0.4) is 0 Å². The quantitative estimate of drug-likeness (QED) is 0.692. The number of ether oxygens (including phenoxy) is 3. The second-order valence-electron chi connectivity index (χ2n) is 4.97. The number of para-hydroxylation sites is 2. The Labute approximate surface area is 141 Å². The number of hydrogen-bond donors (Lipinski definition) is 2. The highest BCUT2D eigenvalue weighted by Crippen LogP contribution is 2.22. The Bertz CT molecular complexity index is 644. The molecule has 6 heteroatoms. The Morgan fingerprint density at radius 3 is 2.46 bits per heavy atom. The van der Waals surface area contributed by atoms with Crippen molar-refractivity contribution in [2.24, 2.45) is 0 Å². The van der Waals surface area contributed by atoms with E-state index in [1.807, 2.05) is 24.3 Å². The van der Waals surface area contributed by atoms with Crippen molar-refractivity contribution in [3.63, 3.8) is 0 Å². The zero-order chi connectivity index (χ0) is 17.2. The van der Waals surface area contributed by atoms with Gasteiger partial charge in [0.15, 0.2) is 0 Å². The van der Waals surface area contributed by atoms with Gasteiger partial charge in [0.2, 0.25) is 5.91 Å². The summed E-state index contributed by atoms with van der Waals surface area (Å²) in [5.74, 6) is 1.29. The van der Waals surface area contributed by atoms with Crippen molar-refractivity contribution in [2.45, 2.75) is 0 Å². The lowest BCUT2D eigenvalue weighted by molar-refractivity contribution is -0.114. The van der Waals surface area contributed by atoms with Gasteiger partial charge in [-0.05, 0) is 36.4 Å². The Kier molecular flexibility index (Phi) is 6.91. The molecule has 2 aromatic carbocycles. The molecule has 0 saturated carbocycles. The second kappa shape index (κ2) is 9.42. The normalized spacial score (nSPS) is 10.1. The molecule has 0 unspecified atom stereocenters. The van der Waals surface area contributed by atoms with Crippen molar-refractivity contribution < 1.29 is 19.0 Å². The molecule has 24 heavy (non-hydrogen) atoms. The number of rotatable bonds is 9. The maximum atomic E-state index is 12.0. The molecular formula is C18H22N2O4. The van der Waals surface area contributed by atoms with Crippen LogP contribution in [0.2, 0.25) is 0 Å². The fraction of sp³-hybridized carbons (Fsp3) is 0.278. The van der Waals surface area contributed by atoms with Crippen LogP contribution < -0.4 is 20.1 Å². The number of nitrogens with one attached hydrogen (secondary N) is 2. The zero-order valence-electron chi connectivity index (χ0n) is 13.9. The standard InChI is InChI=1S/C18H22N2O4/c1-22-11-12-24-15-9-7-14(8-10-15)20-18(21)13-19-16-5-3-4-6-17(16)23-2/h3-10,19H,11-13H2,1-2H3,(H,20,21). The van der Waals surface area contributed by atoms with Crippen LogP contribution in [0.15, 0.2) is 48.5 Å². The zero-order valence-corrected chi connectivity index (χ0v) is 13.9. The maximum absolute atomic E-state index is 12.0. The van der Waals surface area contributed by atoms with E-state index in [1.54, 1.807) is 38.5 Å². The SMILES string of the molecule is COCCOc1ccc(NC(=O)CNc2ccccc2OC)cc1. The molecule has 128 valence electrons. The molecule has 1 amide bonds. The van der Waals surface area contributed by atoms with Gasteiger partial charge in [0, 0.05) is 12.8 Å². The van der Waals surface area contributed by atoms with E-state index in [0.29, 0.717) is 24.7 Å². The van der Waals surface area contributed by atoms with E-state index in [0.717, 1.165) is 11.4 Å². The lowest BCUT2D eigenvalue weighted by atomic mass is 10.3. The first-order chi connectivity index (χ1) is 11.7. The monoisotopic (exact) mass is 330 g/mol. The van der Waals surface area contributed by atoms with Gasteiger partial charge in [0.05, 0.1) is 25.9 Å². The summed E-state index contributed by atoms with van der Waals surface area (Å²) >= 11 is 0. The topological polar surface area (TPSA) is 68.8 Å². The minimum Gasteiger partial charge on any atom is -0.495 e. The molecule has 0 bridgehead atoms. The Hall–Kier alpha value is -2.73. The summed E-state index contributed by atoms with van der Waals surface area (Å²) in [6, 6.07) is 14.6. The fourth-order valence-electron chi connectivity index (χ4n) is 2.05. The van der Waals surface area contributed by atoms with Gasteiger partial charge in [-0.1, -0.05) is 12.1 Å². The molecule has 6 nitrogen and oxygen atoms in total. The Morgan fingerprint density at radius 1 is 1.00 bits per heavy atom. The predicted molar refractivity (Wildman–Crippen MR) is 93.9 cm³/mol. The average Bonchev–Trinajstić information content (AvgIpc) is 2.62. The van der Waals surface area contributed by atoms with Crippen molar-refractivity contribution >= 4 is 17.3 Å². The van der Waals surface area contributed by atoms with Crippen LogP contribution in [-0.2, 0) is 9.53 Å². The van der Waals surface area contributed by atoms with Gasteiger partial charge in [0.25, 0.3) is 0 Å². The number of methoxy groups -OCH3 is 2. The van der Waals surface area contributed by atoms with Gasteiger partial charge in [-0.2, -0.15) is 0 Å². The predicted octanol–water partition coefficient (Wildman–Crippen LogP) is 2.77. The van der Waals surface area contributed by atoms with Crippen molar-refractivity contribution in [2.75, 3.05) is 44.6 Å². The van der Waals surface area contributed by atoms with Crippen LogP contribution in [0.25, 0.3) is 0 Å². The van der Waals surface area contributed by atoms with Gasteiger partial charge >= 0.3 is 0 Å². The van der Waals surface area contributed by atoms with E-state index >= 15 is 0 Å². The van der Waals surface area contributed by atoms with Crippen molar-refractivity contribution in [1.29, 1.82) is 0 Å². The molecule has 0 radical (unpaired) electrons. The van der Waals surface area contributed by atoms with Crippen molar-refractivity contribution in [3.8, 4) is 11.5 Å². The van der Waals surface area contributed by atoms with Crippen LogP contribution in [0.1, 0.15) is 0 Å². The van der Waals surface area contributed by atoms with Crippen LogP contribution in [0.4, 0.5) is 11.4 Å². The summed E-state index contributed by atoms with van der Waals surface area (Å²) in [5.41, 5.74) is 1.48. The summed E-state index contributed by atoms with van der Waals surface area (Å²) < 4.78 is 15.6. The smallest absolute Gasteiger partial charge is 0.243 e. The first-order valence-corrected chi connectivity index (χ1v) is 7.61. The highest BCUT2D eigenvalue weighted by molar-refractivity contribution is 5.94. The molecule has 2 N–H and O–H groups in total. The van der Waals surface area contributed by atoms with E-state index in [-0.39, 0.29) is 12.5 Å². The maximum Gasteiger partial charge on any atom is 0.243 e. The molecule has 0 saturated heterocycles.